The third-order valence-electron chi connectivity index (χ3n) is 3.80. The maximum Gasteiger partial charge on any atom is 0.166 e. The van der Waals surface area contributed by atoms with E-state index in [9.17, 15) is 4.39 Å². The Hall–Kier alpha value is -3.26. The highest BCUT2D eigenvalue weighted by molar-refractivity contribution is 6.30. The van der Waals surface area contributed by atoms with E-state index in [0.717, 1.165) is 5.56 Å². The summed E-state index contributed by atoms with van der Waals surface area (Å²) in [7, 11) is 0. The van der Waals surface area contributed by atoms with Crippen LogP contribution in [0.4, 0.5) is 16.0 Å². The molecule has 4 rings (SSSR count). The monoisotopic (exact) mass is 369 g/mol. The van der Waals surface area contributed by atoms with E-state index < -0.39 is 5.82 Å². The molecule has 26 heavy (non-hydrogen) atoms. The number of rotatable bonds is 4. The summed E-state index contributed by atoms with van der Waals surface area (Å²) < 4.78 is 15.1. The lowest BCUT2D eigenvalue weighted by molar-refractivity contribution is 0.626. The zero-order chi connectivity index (χ0) is 18.1. The first-order valence-corrected chi connectivity index (χ1v) is 8.08. The Morgan fingerprint density at radius 1 is 1.19 bits per heavy atom. The first kappa shape index (κ1) is 16.2. The topological polar surface area (TPSA) is 94.0 Å². The first-order valence-electron chi connectivity index (χ1n) is 7.71. The third kappa shape index (κ3) is 3.02. The lowest BCUT2D eigenvalue weighted by Crippen LogP contribution is -2.03. The normalized spacial score (nSPS) is 11.0. The van der Waals surface area contributed by atoms with Crippen molar-refractivity contribution in [3.05, 3.63) is 65.5 Å². The fraction of sp³-hybridized carbons (Fsp3) is 0.0588. The van der Waals surface area contributed by atoms with E-state index in [0.29, 0.717) is 35.1 Å². The summed E-state index contributed by atoms with van der Waals surface area (Å²) in [6, 6.07) is 8.15. The minimum absolute atomic E-state index is 0.0918. The molecule has 0 aliphatic carbocycles. The van der Waals surface area contributed by atoms with Crippen molar-refractivity contribution in [1.82, 2.24) is 24.6 Å². The highest BCUT2D eigenvalue weighted by atomic mass is 35.5. The minimum Gasteiger partial charge on any atom is -0.382 e. The molecule has 0 saturated heterocycles. The van der Waals surface area contributed by atoms with Crippen molar-refractivity contribution in [1.29, 1.82) is 0 Å². The van der Waals surface area contributed by atoms with E-state index in [1.807, 2.05) is 0 Å². The number of fused-ring (bicyclic) bond motifs is 1. The molecule has 0 spiro atoms. The van der Waals surface area contributed by atoms with Crippen molar-refractivity contribution in [2.45, 2.75) is 6.54 Å². The summed E-state index contributed by atoms with van der Waals surface area (Å²) in [6.45, 7) is 0.382. The molecule has 0 amide bonds. The van der Waals surface area contributed by atoms with Gasteiger partial charge in [-0.2, -0.15) is 0 Å². The molecule has 0 aliphatic rings. The molecule has 3 N–H and O–H groups in total. The molecule has 1 aromatic carbocycles. The predicted octanol–water partition coefficient (Wildman–Crippen LogP) is 3.17. The van der Waals surface area contributed by atoms with Crippen molar-refractivity contribution >= 4 is 28.9 Å². The number of halogens is 2. The van der Waals surface area contributed by atoms with E-state index >= 15 is 0 Å². The van der Waals surface area contributed by atoms with Gasteiger partial charge in [0.25, 0.3) is 0 Å². The molecule has 3 heterocycles. The van der Waals surface area contributed by atoms with Crippen LogP contribution in [0.5, 0.6) is 0 Å². The van der Waals surface area contributed by atoms with Crippen LogP contribution in [0.15, 0.2) is 49.1 Å². The van der Waals surface area contributed by atoms with E-state index in [4.69, 9.17) is 17.3 Å². The molecule has 0 saturated carbocycles. The summed E-state index contributed by atoms with van der Waals surface area (Å²) in [6.07, 6.45) is 4.85. The molecule has 0 atom stereocenters. The van der Waals surface area contributed by atoms with Crippen molar-refractivity contribution in [3.63, 3.8) is 0 Å². The second-order valence-corrected chi connectivity index (χ2v) is 5.95. The Kier molecular flexibility index (Phi) is 4.10. The van der Waals surface area contributed by atoms with E-state index in [1.165, 1.54) is 18.5 Å². The molecule has 0 aliphatic heterocycles. The Balaban J connectivity index is 1.62. The van der Waals surface area contributed by atoms with Gasteiger partial charge in [0.2, 0.25) is 0 Å². The second kappa shape index (κ2) is 6.57. The molecular weight excluding hydrogens is 357 g/mol. The van der Waals surface area contributed by atoms with E-state index in [-0.39, 0.29) is 5.02 Å². The Morgan fingerprint density at radius 3 is 2.92 bits per heavy atom. The van der Waals surface area contributed by atoms with Gasteiger partial charge in [0.05, 0.1) is 16.3 Å². The zero-order valence-corrected chi connectivity index (χ0v) is 14.2. The van der Waals surface area contributed by atoms with Crippen LogP contribution in [-0.2, 0) is 6.54 Å². The van der Waals surface area contributed by atoms with Crippen LogP contribution in [0.1, 0.15) is 5.56 Å². The molecule has 7 nitrogen and oxygen atoms in total. The largest absolute Gasteiger partial charge is 0.382 e. The lowest BCUT2D eigenvalue weighted by Gasteiger charge is -2.07. The van der Waals surface area contributed by atoms with Gasteiger partial charge in [-0.3, -0.25) is 0 Å². The fourth-order valence-corrected chi connectivity index (χ4v) is 2.70. The standard InChI is InChI=1S/C17H13ClFN7/c18-11-3-2-10(6-12(11)19)8-22-14-7-13(23-9-24-14)15-16(20)25-26-5-1-4-21-17(15)26/h1-7,9H,8H2,(H2,20,25)(H,22,23,24). The third-order valence-corrected chi connectivity index (χ3v) is 4.11. The molecule has 0 bridgehead atoms. The fourth-order valence-electron chi connectivity index (χ4n) is 2.58. The Morgan fingerprint density at radius 2 is 2.08 bits per heavy atom. The number of anilines is 2. The molecular formula is C17H13ClFN7. The molecule has 0 radical (unpaired) electrons. The molecule has 3 aromatic heterocycles. The van der Waals surface area contributed by atoms with Gasteiger partial charge in [-0.05, 0) is 23.8 Å². The van der Waals surface area contributed by atoms with Crippen LogP contribution in [0, 0.1) is 5.82 Å². The minimum atomic E-state index is -0.459. The summed E-state index contributed by atoms with van der Waals surface area (Å²) in [5.74, 6) is 0.438. The lowest BCUT2D eigenvalue weighted by atomic mass is 10.2. The van der Waals surface area contributed by atoms with Crippen LogP contribution in [-0.4, -0.2) is 24.6 Å². The van der Waals surface area contributed by atoms with Gasteiger partial charge >= 0.3 is 0 Å². The van der Waals surface area contributed by atoms with Gasteiger partial charge < -0.3 is 11.1 Å². The maximum absolute atomic E-state index is 13.5. The molecule has 130 valence electrons. The van der Waals surface area contributed by atoms with Gasteiger partial charge in [0, 0.05) is 25.0 Å². The van der Waals surface area contributed by atoms with Crippen LogP contribution < -0.4 is 11.1 Å². The van der Waals surface area contributed by atoms with Crippen molar-refractivity contribution in [2.24, 2.45) is 0 Å². The summed E-state index contributed by atoms with van der Waals surface area (Å²) in [4.78, 5) is 12.8. The number of hydrogen-bond acceptors (Lipinski definition) is 6. The quantitative estimate of drug-likeness (QED) is 0.573. The number of nitrogens with two attached hydrogens (primary N) is 1. The number of nitrogen functional groups attached to an aromatic ring is 1. The second-order valence-electron chi connectivity index (χ2n) is 5.54. The first-order chi connectivity index (χ1) is 12.6. The van der Waals surface area contributed by atoms with Crippen LogP contribution in [0.25, 0.3) is 16.9 Å². The summed E-state index contributed by atoms with van der Waals surface area (Å²) in [5, 5.41) is 7.45. The van der Waals surface area contributed by atoms with Gasteiger partial charge in [-0.15, -0.1) is 5.10 Å². The smallest absolute Gasteiger partial charge is 0.166 e. The maximum atomic E-state index is 13.5. The highest BCUT2D eigenvalue weighted by Crippen LogP contribution is 2.28. The number of benzene rings is 1. The van der Waals surface area contributed by atoms with Gasteiger partial charge in [0.1, 0.15) is 18.0 Å². The number of aromatic nitrogens is 5. The summed E-state index contributed by atoms with van der Waals surface area (Å²) in [5.41, 5.74) is 8.60. The molecule has 4 aromatic rings. The average molecular weight is 370 g/mol. The van der Waals surface area contributed by atoms with Crippen LogP contribution in [0.2, 0.25) is 5.02 Å². The Bertz CT molecular complexity index is 1100. The van der Waals surface area contributed by atoms with Gasteiger partial charge in [-0.1, -0.05) is 17.7 Å². The number of hydrogen-bond donors (Lipinski definition) is 2. The van der Waals surface area contributed by atoms with Gasteiger partial charge in [0.15, 0.2) is 11.5 Å². The number of nitrogens with one attached hydrogen (secondary N) is 1. The average Bonchev–Trinajstić information content (AvgIpc) is 2.98. The van der Waals surface area contributed by atoms with Crippen molar-refractivity contribution in [3.8, 4) is 11.3 Å². The van der Waals surface area contributed by atoms with Crippen LogP contribution >= 0.6 is 11.6 Å². The molecule has 0 fully saturated rings. The number of nitrogens with zero attached hydrogens (tertiary/aromatic N) is 5. The van der Waals surface area contributed by atoms with E-state index in [2.05, 4.69) is 25.4 Å². The van der Waals surface area contributed by atoms with Crippen molar-refractivity contribution in [2.75, 3.05) is 11.1 Å². The SMILES string of the molecule is Nc1nn2cccnc2c1-c1cc(NCc2ccc(Cl)c(F)c2)ncn1. The van der Waals surface area contributed by atoms with Gasteiger partial charge in [-0.25, -0.2) is 23.9 Å². The summed E-state index contributed by atoms with van der Waals surface area (Å²) >= 11 is 5.70. The van der Waals surface area contributed by atoms with E-state index in [1.54, 1.807) is 35.1 Å². The Labute approximate surface area is 152 Å². The predicted molar refractivity (Wildman–Crippen MR) is 97.2 cm³/mol. The molecule has 0 unspecified atom stereocenters. The highest BCUT2D eigenvalue weighted by Gasteiger charge is 2.15. The zero-order valence-electron chi connectivity index (χ0n) is 13.4. The van der Waals surface area contributed by atoms with Crippen LogP contribution in [0.3, 0.4) is 0 Å². The van der Waals surface area contributed by atoms with Crippen molar-refractivity contribution < 1.29 is 4.39 Å². The molecule has 9 heteroatoms.